The molecule has 6 heteroatoms. The van der Waals surface area contributed by atoms with E-state index in [1.807, 2.05) is 48.8 Å². The van der Waals surface area contributed by atoms with Crippen molar-refractivity contribution < 1.29 is 4.79 Å². The van der Waals surface area contributed by atoms with Gasteiger partial charge in [-0.05, 0) is 42.5 Å². The molecule has 1 N–H and O–H groups in total. The summed E-state index contributed by atoms with van der Waals surface area (Å²) in [6.45, 7) is 2.51. The van der Waals surface area contributed by atoms with Crippen LogP contribution in [0.2, 0.25) is 0 Å². The maximum Gasteiger partial charge on any atom is 0.251 e. The summed E-state index contributed by atoms with van der Waals surface area (Å²) in [6, 6.07) is 8.03. The first-order valence-electron chi connectivity index (χ1n) is 7.25. The Morgan fingerprint density at radius 2 is 2.00 bits per heavy atom. The topological polar surface area (TPSA) is 42.0 Å². The third-order valence-corrected chi connectivity index (χ3v) is 7.29. The number of amides is 1. The van der Waals surface area contributed by atoms with Crippen molar-refractivity contribution in [1.82, 2.24) is 10.3 Å². The number of aryl methyl sites for hydroxylation is 1. The molecule has 1 aliphatic heterocycles. The summed E-state index contributed by atoms with van der Waals surface area (Å²) in [7, 11) is 0. The summed E-state index contributed by atoms with van der Waals surface area (Å²) in [5.74, 6) is 2.43. The molecule has 1 aliphatic rings. The minimum absolute atomic E-state index is 0.0263. The number of nitrogens with one attached hydrogen (secondary N) is 1. The van der Waals surface area contributed by atoms with Crippen molar-refractivity contribution in [1.29, 1.82) is 0 Å². The molecule has 0 saturated carbocycles. The van der Waals surface area contributed by atoms with E-state index < -0.39 is 0 Å². The Balaban J connectivity index is 1.58. The molecule has 1 fully saturated rings. The fourth-order valence-corrected chi connectivity index (χ4v) is 5.86. The highest BCUT2D eigenvalue weighted by Crippen LogP contribution is 2.43. The largest absolute Gasteiger partial charge is 0.347 e. The molecule has 2 heterocycles. The van der Waals surface area contributed by atoms with Crippen LogP contribution in [0.15, 0.2) is 30.5 Å². The van der Waals surface area contributed by atoms with Gasteiger partial charge in [-0.3, -0.25) is 4.79 Å². The van der Waals surface area contributed by atoms with Gasteiger partial charge in [-0.25, -0.2) is 4.98 Å². The van der Waals surface area contributed by atoms with E-state index in [-0.39, 0.29) is 5.91 Å². The van der Waals surface area contributed by atoms with Gasteiger partial charge in [-0.15, -0.1) is 34.9 Å². The fraction of sp³-hybridized carbons (Fsp3) is 0.375. The average Bonchev–Trinajstić information content (AvgIpc) is 2.99. The lowest BCUT2D eigenvalue weighted by Gasteiger charge is -2.21. The Bertz CT molecular complexity index is 633. The van der Waals surface area contributed by atoms with E-state index in [4.69, 9.17) is 0 Å². The molecule has 0 atom stereocenters. The first-order valence-corrected chi connectivity index (χ1v) is 10.2. The molecular formula is C16H18N2OS3. The van der Waals surface area contributed by atoms with Gasteiger partial charge >= 0.3 is 0 Å². The van der Waals surface area contributed by atoms with E-state index in [9.17, 15) is 4.79 Å². The molecule has 22 heavy (non-hydrogen) atoms. The van der Waals surface area contributed by atoms with Gasteiger partial charge in [-0.2, -0.15) is 0 Å². The number of thioether (sulfide) groups is 2. The van der Waals surface area contributed by atoms with E-state index in [1.165, 1.54) is 23.5 Å². The summed E-state index contributed by atoms with van der Waals surface area (Å²) in [4.78, 5) is 17.4. The van der Waals surface area contributed by atoms with Gasteiger partial charge in [0.1, 0.15) is 0 Å². The number of hydrogen-bond donors (Lipinski definition) is 1. The van der Waals surface area contributed by atoms with Crippen LogP contribution < -0.4 is 5.32 Å². The quantitative estimate of drug-likeness (QED) is 0.895. The Morgan fingerprint density at radius 1 is 1.27 bits per heavy atom. The van der Waals surface area contributed by atoms with Gasteiger partial charge in [0, 0.05) is 16.6 Å². The second kappa shape index (κ2) is 7.53. The highest BCUT2D eigenvalue weighted by atomic mass is 32.2. The Morgan fingerprint density at radius 3 is 2.64 bits per heavy atom. The average molecular weight is 351 g/mol. The predicted molar refractivity (Wildman–Crippen MR) is 96.7 cm³/mol. The van der Waals surface area contributed by atoms with Crippen LogP contribution in [-0.4, -0.2) is 22.4 Å². The zero-order valence-corrected chi connectivity index (χ0v) is 14.8. The van der Waals surface area contributed by atoms with E-state index in [0.717, 1.165) is 15.4 Å². The summed E-state index contributed by atoms with van der Waals surface area (Å²) in [6.07, 6.45) is 3.12. The molecule has 0 aliphatic carbocycles. The smallest absolute Gasteiger partial charge is 0.251 e. The van der Waals surface area contributed by atoms with Crippen molar-refractivity contribution in [3.8, 4) is 0 Å². The number of aromatic nitrogens is 1. The third-order valence-electron chi connectivity index (χ3n) is 3.36. The van der Waals surface area contributed by atoms with Crippen LogP contribution in [0.1, 0.15) is 36.8 Å². The molecule has 116 valence electrons. The van der Waals surface area contributed by atoms with E-state index in [2.05, 4.69) is 22.4 Å². The third kappa shape index (κ3) is 4.06. The van der Waals surface area contributed by atoms with Crippen LogP contribution in [-0.2, 0) is 6.54 Å². The number of rotatable bonds is 4. The van der Waals surface area contributed by atoms with Gasteiger partial charge in [-0.1, -0.05) is 12.1 Å². The minimum atomic E-state index is -0.0263. The number of nitrogens with zero attached hydrogens (tertiary/aromatic N) is 1. The van der Waals surface area contributed by atoms with Crippen molar-refractivity contribution in [3.05, 3.63) is 51.5 Å². The Kier molecular flexibility index (Phi) is 5.44. The number of benzene rings is 1. The predicted octanol–water partition coefficient (Wildman–Crippen LogP) is 4.25. The van der Waals surface area contributed by atoms with Gasteiger partial charge in [0.15, 0.2) is 0 Å². The van der Waals surface area contributed by atoms with Crippen LogP contribution in [0.5, 0.6) is 0 Å². The van der Waals surface area contributed by atoms with Gasteiger partial charge in [0.25, 0.3) is 5.91 Å². The first kappa shape index (κ1) is 15.9. The van der Waals surface area contributed by atoms with Crippen molar-refractivity contribution in [2.75, 3.05) is 11.5 Å². The molecule has 1 aromatic heterocycles. The maximum absolute atomic E-state index is 12.2. The van der Waals surface area contributed by atoms with Crippen molar-refractivity contribution in [2.24, 2.45) is 0 Å². The maximum atomic E-state index is 12.2. The number of carbonyl (C=O) groups is 1. The zero-order chi connectivity index (χ0) is 15.4. The van der Waals surface area contributed by atoms with E-state index in [0.29, 0.717) is 11.1 Å². The highest BCUT2D eigenvalue weighted by molar-refractivity contribution is 8.16. The second-order valence-corrected chi connectivity index (χ2v) is 9.12. The summed E-state index contributed by atoms with van der Waals surface area (Å²) >= 11 is 5.61. The summed E-state index contributed by atoms with van der Waals surface area (Å²) < 4.78 is 0.519. The standard InChI is InChI=1S/C16H18N2OS3/c1-11-17-9-14(22-11)10-18-15(19)12-3-5-13(6-4-12)16-20-7-2-8-21-16/h3-6,9,16H,2,7-8,10H2,1H3,(H,18,19). The minimum Gasteiger partial charge on any atom is -0.347 e. The van der Waals surface area contributed by atoms with Crippen LogP contribution in [0.25, 0.3) is 0 Å². The lowest BCUT2D eigenvalue weighted by Crippen LogP contribution is -2.22. The molecule has 1 saturated heterocycles. The Labute approximate surface area is 143 Å². The summed E-state index contributed by atoms with van der Waals surface area (Å²) in [5, 5.41) is 3.97. The normalized spacial score (nSPS) is 15.7. The lowest BCUT2D eigenvalue weighted by molar-refractivity contribution is 0.0951. The molecule has 0 bridgehead atoms. The van der Waals surface area contributed by atoms with Crippen LogP contribution in [0, 0.1) is 6.92 Å². The molecule has 2 aromatic rings. The monoisotopic (exact) mass is 350 g/mol. The molecule has 0 unspecified atom stereocenters. The molecule has 1 aromatic carbocycles. The van der Waals surface area contributed by atoms with Gasteiger partial charge in [0.05, 0.1) is 16.1 Å². The van der Waals surface area contributed by atoms with Gasteiger partial charge in [0.2, 0.25) is 0 Å². The van der Waals surface area contributed by atoms with Crippen LogP contribution in [0.3, 0.4) is 0 Å². The first-order chi connectivity index (χ1) is 10.7. The van der Waals surface area contributed by atoms with E-state index >= 15 is 0 Å². The molecular weight excluding hydrogens is 332 g/mol. The molecule has 0 radical (unpaired) electrons. The van der Waals surface area contributed by atoms with E-state index in [1.54, 1.807) is 11.3 Å². The molecule has 3 nitrogen and oxygen atoms in total. The SMILES string of the molecule is Cc1ncc(CNC(=O)c2ccc(C3SCCCS3)cc2)s1. The van der Waals surface area contributed by atoms with Gasteiger partial charge < -0.3 is 5.32 Å². The van der Waals surface area contributed by atoms with Crippen molar-refractivity contribution >= 4 is 40.8 Å². The number of hydrogen-bond acceptors (Lipinski definition) is 5. The van der Waals surface area contributed by atoms with Crippen LogP contribution in [0.4, 0.5) is 0 Å². The lowest BCUT2D eigenvalue weighted by atomic mass is 10.1. The molecule has 3 rings (SSSR count). The van der Waals surface area contributed by atoms with Crippen molar-refractivity contribution in [3.63, 3.8) is 0 Å². The number of carbonyl (C=O) groups excluding carboxylic acids is 1. The second-order valence-electron chi connectivity index (χ2n) is 5.08. The Hall–Kier alpha value is -0.980. The summed E-state index contributed by atoms with van der Waals surface area (Å²) in [5.41, 5.74) is 2.03. The van der Waals surface area contributed by atoms with Crippen molar-refractivity contribution in [2.45, 2.75) is 24.5 Å². The molecule has 0 spiro atoms. The number of thiazole rings is 1. The van der Waals surface area contributed by atoms with Crippen LogP contribution >= 0.6 is 34.9 Å². The molecule has 1 amide bonds. The fourth-order valence-electron chi connectivity index (χ4n) is 2.23. The highest BCUT2D eigenvalue weighted by Gasteiger charge is 2.16. The zero-order valence-electron chi connectivity index (χ0n) is 12.4.